The Balaban J connectivity index is 2.03. The Hall–Kier alpha value is -1.67. The van der Waals surface area contributed by atoms with Crippen molar-refractivity contribution < 1.29 is 9.47 Å². The summed E-state index contributed by atoms with van der Waals surface area (Å²) in [6.07, 6.45) is 4.50. The highest BCUT2D eigenvalue weighted by Gasteiger charge is 2.21. The zero-order valence-corrected chi connectivity index (χ0v) is 15.5. The molecule has 1 aliphatic heterocycles. The van der Waals surface area contributed by atoms with Gasteiger partial charge in [-0.3, -0.25) is 0 Å². The molecular formula is C16H27N5O2S. The number of piperidine rings is 1. The van der Waals surface area contributed by atoms with Gasteiger partial charge in [0.05, 0.1) is 7.11 Å². The molecular weight excluding hydrogens is 326 g/mol. The fourth-order valence-corrected chi connectivity index (χ4v) is 2.92. The third-order valence-electron chi connectivity index (χ3n) is 4.03. The van der Waals surface area contributed by atoms with Crippen molar-refractivity contribution >= 4 is 29.1 Å². The molecule has 134 valence electrons. The average Bonchev–Trinajstić information content (AvgIpc) is 2.59. The minimum absolute atomic E-state index is 0.450. The van der Waals surface area contributed by atoms with Crippen LogP contribution in [-0.4, -0.2) is 55.0 Å². The smallest absolute Gasteiger partial charge is 0.234 e. The summed E-state index contributed by atoms with van der Waals surface area (Å²) in [6.45, 7) is 4.66. The van der Waals surface area contributed by atoms with Crippen LogP contribution in [0.1, 0.15) is 32.6 Å². The Kier molecular flexibility index (Phi) is 7.45. The van der Waals surface area contributed by atoms with Crippen LogP contribution in [0.15, 0.2) is 6.07 Å². The fourth-order valence-electron chi connectivity index (χ4n) is 2.72. The van der Waals surface area contributed by atoms with Crippen LogP contribution in [0.2, 0.25) is 0 Å². The van der Waals surface area contributed by atoms with Crippen LogP contribution in [-0.2, 0) is 4.74 Å². The van der Waals surface area contributed by atoms with E-state index < -0.39 is 0 Å². The molecule has 1 fully saturated rings. The molecule has 8 heteroatoms. The lowest BCUT2D eigenvalue weighted by atomic mass is 10.0. The molecule has 1 atom stereocenters. The van der Waals surface area contributed by atoms with Gasteiger partial charge in [-0.1, -0.05) is 0 Å². The van der Waals surface area contributed by atoms with E-state index in [2.05, 4.69) is 32.4 Å². The van der Waals surface area contributed by atoms with E-state index in [1.54, 1.807) is 14.2 Å². The molecule has 7 nitrogen and oxygen atoms in total. The number of nitrogens with zero attached hydrogens (tertiary/aromatic N) is 3. The van der Waals surface area contributed by atoms with Gasteiger partial charge in [0.2, 0.25) is 11.8 Å². The van der Waals surface area contributed by atoms with Crippen LogP contribution in [0.4, 0.5) is 11.8 Å². The van der Waals surface area contributed by atoms with Gasteiger partial charge in [0, 0.05) is 38.9 Å². The van der Waals surface area contributed by atoms with Gasteiger partial charge in [-0.15, -0.1) is 0 Å². The highest BCUT2D eigenvalue weighted by atomic mass is 32.1. The number of hydrogen-bond donors (Lipinski definition) is 2. The van der Waals surface area contributed by atoms with Crippen molar-refractivity contribution in [2.45, 2.75) is 38.6 Å². The van der Waals surface area contributed by atoms with Crippen molar-refractivity contribution in [3.05, 3.63) is 6.07 Å². The fraction of sp³-hybridized carbons (Fsp3) is 0.688. The summed E-state index contributed by atoms with van der Waals surface area (Å²) >= 11 is 5.29. The lowest BCUT2D eigenvalue weighted by molar-refractivity contribution is 0.196. The first-order valence-corrected chi connectivity index (χ1v) is 8.78. The zero-order valence-electron chi connectivity index (χ0n) is 14.7. The van der Waals surface area contributed by atoms with Crippen LogP contribution in [0, 0.1) is 0 Å². The maximum atomic E-state index is 5.32. The summed E-state index contributed by atoms with van der Waals surface area (Å²) < 4.78 is 10.3. The van der Waals surface area contributed by atoms with E-state index in [1.807, 2.05) is 6.07 Å². The van der Waals surface area contributed by atoms with Crippen LogP contribution in [0.25, 0.3) is 0 Å². The van der Waals surface area contributed by atoms with E-state index in [1.165, 1.54) is 19.3 Å². The minimum atomic E-state index is 0.450. The first kappa shape index (κ1) is 18.7. The van der Waals surface area contributed by atoms with E-state index in [0.29, 0.717) is 29.6 Å². The number of rotatable bonds is 7. The highest BCUT2D eigenvalue weighted by Crippen LogP contribution is 2.26. The summed E-state index contributed by atoms with van der Waals surface area (Å²) in [7, 11) is 3.29. The third-order valence-corrected chi connectivity index (χ3v) is 4.28. The summed E-state index contributed by atoms with van der Waals surface area (Å²) in [5.74, 6) is 1.85. The molecule has 1 aromatic rings. The Morgan fingerprint density at radius 3 is 2.92 bits per heavy atom. The number of hydrogen-bond acceptors (Lipinski definition) is 6. The van der Waals surface area contributed by atoms with E-state index in [-0.39, 0.29) is 0 Å². The molecule has 2 N–H and O–H groups in total. The van der Waals surface area contributed by atoms with E-state index in [9.17, 15) is 0 Å². The number of ether oxygens (including phenoxy) is 2. The van der Waals surface area contributed by atoms with Gasteiger partial charge in [-0.2, -0.15) is 9.97 Å². The van der Waals surface area contributed by atoms with Gasteiger partial charge in [-0.25, -0.2) is 0 Å². The van der Waals surface area contributed by atoms with Crippen molar-refractivity contribution in [2.75, 3.05) is 44.1 Å². The second-order valence-corrected chi connectivity index (χ2v) is 6.27. The van der Waals surface area contributed by atoms with Crippen LogP contribution >= 0.6 is 12.2 Å². The molecule has 1 aromatic heterocycles. The van der Waals surface area contributed by atoms with Gasteiger partial charge in [0.1, 0.15) is 5.82 Å². The minimum Gasteiger partial charge on any atom is -0.481 e. The second kappa shape index (κ2) is 9.58. The summed E-state index contributed by atoms with van der Waals surface area (Å²) in [5, 5.41) is 6.65. The molecule has 24 heavy (non-hydrogen) atoms. The largest absolute Gasteiger partial charge is 0.481 e. The predicted molar refractivity (Wildman–Crippen MR) is 100.0 cm³/mol. The number of methoxy groups -OCH3 is 2. The standard InChI is InChI=1S/C16H27N5O2S/c1-12-7-4-5-9-21(12)13-11-14(23-3)19-15(18-13)20-16(24)17-8-6-10-22-2/h11-12H,4-10H2,1-3H3,(H2,17,18,19,20,24)/t12-/m1/s1. The Labute approximate surface area is 149 Å². The molecule has 1 aliphatic rings. The maximum absolute atomic E-state index is 5.32. The van der Waals surface area contributed by atoms with E-state index >= 15 is 0 Å². The van der Waals surface area contributed by atoms with Gasteiger partial charge < -0.3 is 25.0 Å². The maximum Gasteiger partial charge on any atom is 0.234 e. The summed E-state index contributed by atoms with van der Waals surface area (Å²) in [4.78, 5) is 11.2. The predicted octanol–water partition coefficient (Wildman–Crippen LogP) is 2.19. The van der Waals surface area contributed by atoms with Crippen molar-refractivity contribution in [1.82, 2.24) is 15.3 Å². The number of anilines is 2. The normalized spacial score (nSPS) is 17.5. The number of nitrogens with one attached hydrogen (secondary N) is 2. The molecule has 0 radical (unpaired) electrons. The molecule has 2 heterocycles. The molecule has 2 rings (SSSR count). The van der Waals surface area contributed by atoms with Gasteiger partial charge >= 0.3 is 0 Å². The highest BCUT2D eigenvalue weighted by molar-refractivity contribution is 7.80. The van der Waals surface area contributed by atoms with Crippen molar-refractivity contribution in [3.8, 4) is 5.88 Å². The quantitative estimate of drug-likeness (QED) is 0.571. The second-order valence-electron chi connectivity index (χ2n) is 5.86. The molecule has 0 aliphatic carbocycles. The summed E-state index contributed by atoms with van der Waals surface area (Å²) in [5.41, 5.74) is 0. The molecule has 0 bridgehead atoms. The Morgan fingerprint density at radius 2 is 2.21 bits per heavy atom. The molecule has 0 saturated carbocycles. The van der Waals surface area contributed by atoms with Crippen molar-refractivity contribution in [1.29, 1.82) is 0 Å². The van der Waals surface area contributed by atoms with Crippen molar-refractivity contribution in [3.63, 3.8) is 0 Å². The van der Waals surface area contributed by atoms with Crippen LogP contribution in [0.3, 0.4) is 0 Å². The van der Waals surface area contributed by atoms with Gasteiger partial charge in [0.25, 0.3) is 0 Å². The lowest BCUT2D eigenvalue weighted by Gasteiger charge is -2.34. The molecule has 0 unspecified atom stereocenters. The van der Waals surface area contributed by atoms with E-state index in [4.69, 9.17) is 21.7 Å². The monoisotopic (exact) mass is 353 g/mol. The van der Waals surface area contributed by atoms with Crippen LogP contribution < -0.4 is 20.3 Å². The molecule has 0 amide bonds. The lowest BCUT2D eigenvalue weighted by Crippen LogP contribution is -2.38. The van der Waals surface area contributed by atoms with Crippen LogP contribution in [0.5, 0.6) is 5.88 Å². The number of thiocarbonyl (C=S) groups is 1. The Bertz CT molecular complexity index is 543. The first-order valence-electron chi connectivity index (χ1n) is 8.37. The SMILES string of the molecule is COCCCNC(=S)Nc1nc(OC)cc(N2CCCC[C@H]2C)n1. The topological polar surface area (TPSA) is 71.5 Å². The molecule has 0 spiro atoms. The van der Waals surface area contributed by atoms with Crippen molar-refractivity contribution in [2.24, 2.45) is 0 Å². The van der Waals surface area contributed by atoms with Gasteiger partial charge in [0.15, 0.2) is 5.11 Å². The summed E-state index contributed by atoms with van der Waals surface area (Å²) in [6, 6.07) is 2.34. The molecule has 0 aromatic carbocycles. The Morgan fingerprint density at radius 1 is 1.38 bits per heavy atom. The van der Waals surface area contributed by atoms with E-state index in [0.717, 1.165) is 25.3 Å². The molecule has 1 saturated heterocycles. The zero-order chi connectivity index (χ0) is 17.4. The number of aromatic nitrogens is 2. The van der Waals surface area contributed by atoms with Gasteiger partial charge in [-0.05, 0) is 44.8 Å². The first-order chi connectivity index (χ1) is 11.6. The third kappa shape index (κ3) is 5.45. The average molecular weight is 353 g/mol.